The molecular formula is C17H19N5O3. The number of anilines is 1. The van der Waals surface area contributed by atoms with Crippen LogP contribution in [0.25, 0.3) is 0 Å². The normalized spacial score (nSPS) is 11.8. The van der Waals surface area contributed by atoms with E-state index in [4.69, 9.17) is 9.26 Å². The van der Waals surface area contributed by atoms with E-state index < -0.39 is 12.1 Å². The summed E-state index contributed by atoms with van der Waals surface area (Å²) in [5, 5.41) is 9.32. The van der Waals surface area contributed by atoms with Gasteiger partial charge in [0.15, 0.2) is 5.82 Å². The van der Waals surface area contributed by atoms with Gasteiger partial charge in [-0.25, -0.2) is 9.78 Å². The fraction of sp³-hybridized carbons (Fsp3) is 0.235. The molecule has 0 aliphatic rings. The minimum Gasteiger partial charge on any atom is -0.496 e. The van der Waals surface area contributed by atoms with Gasteiger partial charge in [0.1, 0.15) is 23.4 Å². The number of para-hydroxylation sites is 1. The highest BCUT2D eigenvalue weighted by molar-refractivity contribution is 5.88. The van der Waals surface area contributed by atoms with E-state index in [9.17, 15) is 4.79 Å². The Kier molecular flexibility index (Phi) is 4.69. The number of urea groups is 1. The fourth-order valence-corrected chi connectivity index (χ4v) is 2.55. The van der Waals surface area contributed by atoms with Gasteiger partial charge >= 0.3 is 6.03 Å². The molecule has 130 valence electrons. The van der Waals surface area contributed by atoms with Crippen LogP contribution >= 0.6 is 0 Å². The van der Waals surface area contributed by atoms with Crippen LogP contribution in [-0.2, 0) is 7.05 Å². The molecule has 0 radical (unpaired) electrons. The molecule has 1 atom stereocenters. The number of carbonyl (C=O) groups excluding carboxylic acids is 1. The molecule has 8 nitrogen and oxygen atoms in total. The monoisotopic (exact) mass is 341 g/mol. The summed E-state index contributed by atoms with van der Waals surface area (Å²) in [5.41, 5.74) is 0.797. The molecule has 8 heteroatoms. The van der Waals surface area contributed by atoms with Crippen molar-refractivity contribution in [2.75, 3.05) is 12.4 Å². The highest BCUT2D eigenvalue weighted by atomic mass is 16.5. The Labute approximate surface area is 144 Å². The standard InChI is InChI=1S/C17H19N5O3/c1-11-10-14(21-25-11)19-17(23)20-15(16-18-8-9-22(16)2)12-6-4-5-7-13(12)24-3/h4-10,15H,1-3H3,(H2,19,20,21,23)/t15-/m1/s1. The zero-order chi connectivity index (χ0) is 17.8. The minimum absolute atomic E-state index is 0.341. The van der Waals surface area contributed by atoms with Crippen molar-refractivity contribution in [2.45, 2.75) is 13.0 Å². The number of nitrogens with zero attached hydrogens (tertiary/aromatic N) is 3. The molecule has 2 aromatic heterocycles. The molecule has 3 aromatic rings. The molecule has 2 amide bonds. The van der Waals surface area contributed by atoms with Crippen molar-refractivity contribution in [1.29, 1.82) is 0 Å². The lowest BCUT2D eigenvalue weighted by atomic mass is 10.0. The van der Waals surface area contributed by atoms with Crippen LogP contribution in [0.5, 0.6) is 5.75 Å². The Balaban J connectivity index is 1.89. The third-order valence-corrected chi connectivity index (χ3v) is 3.71. The van der Waals surface area contributed by atoms with Gasteiger partial charge in [0.05, 0.1) is 7.11 Å². The van der Waals surface area contributed by atoms with Crippen LogP contribution in [0.1, 0.15) is 23.2 Å². The molecule has 0 saturated carbocycles. The maximum atomic E-state index is 12.4. The average Bonchev–Trinajstić information content (AvgIpc) is 3.21. The number of aryl methyl sites for hydroxylation is 2. The zero-order valence-corrected chi connectivity index (χ0v) is 14.2. The first-order chi connectivity index (χ1) is 12.1. The first kappa shape index (κ1) is 16.6. The van der Waals surface area contributed by atoms with Gasteiger partial charge in [-0.05, 0) is 13.0 Å². The van der Waals surface area contributed by atoms with E-state index in [2.05, 4.69) is 20.8 Å². The predicted octanol–water partition coefficient (Wildman–Crippen LogP) is 2.64. The van der Waals surface area contributed by atoms with Crippen molar-refractivity contribution in [1.82, 2.24) is 20.0 Å². The second-order valence-corrected chi connectivity index (χ2v) is 5.49. The van der Waals surface area contributed by atoms with E-state index in [0.717, 1.165) is 5.56 Å². The summed E-state index contributed by atoms with van der Waals surface area (Å²) in [5.74, 6) is 2.29. The predicted molar refractivity (Wildman–Crippen MR) is 91.4 cm³/mol. The molecule has 25 heavy (non-hydrogen) atoms. The van der Waals surface area contributed by atoms with Crippen LogP contribution in [0.3, 0.4) is 0 Å². The molecule has 0 unspecified atom stereocenters. The van der Waals surface area contributed by atoms with E-state index in [1.165, 1.54) is 0 Å². The molecular weight excluding hydrogens is 322 g/mol. The number of hydrogen-bond acceptors (Lipinski definition) is 5. The van der Waals surface area contributed by atoms with E-state index >= 15 is 0 Å². The number of imidazole rings is 1. The molecule has 0 fully saturated rings. The van der Waals surface area contributed by atoms with Crippen molar-refractivity contribution >= 4 is 11.8 Å². The Bertz CT molecular complexity index is 871. The molecule has 2 N–H and O–H groups in total. The number of hydrogen-bond donors (Lipinski definition) is 2. The van der Waals surface area contributed by atoms with Gasteiger partial charge in [-0.3, -0.25) is 5.32 Å². The number of carbonyl (C=O) groups is 1. The SMILES string of the molecule is COc1ccccc1[C@@H](NC(=O)Nc1cc(C)on1)c1nccn1C. The van der Waals surface area contributed by atoms with E-state index in [1.54, 1.807) is 26.3 Å². The van der Waals surface area contributed by atoms with Crippen LogP contribution in [0.4, 0.5) is 10.6 Å². The van der Waals surface area contributed by atoms with E-state index in [0.29, 0.717) is 23.2 Å². The number of rotatable bonds is 5. The number of amides is 2. The number of methoxy groups -OCH3 is 1. The number of ether oxygens (including phenoxy) is 1. The zero-order valence-electron chi connectivity index (χ0n) is 14.2. The third kappa shape index (κ3) is 3.63. The highest BCUT2D eigenvalue weighted by Crippen LogP contribution is 2.29. The van der Waals surface area contributed by atoms with Crippen LogP contribution < -0.4 is 15.4 Å². The maximum Gasteiger partial charge on any atom is 0.321 e. The average molecular weight is 341 g/mol. The smallest absolute Gasteiger partial charge is 0.321 e. The summed E-state index contributed by atoms with van der Waals surface area (Å²) in [6, 6.07) is 8.20. The summed E-state index contributed by atoms with van der Waals surface area (Å²) in [6.45, 7) is 1.75. The van der Waals surface area contributed by atoms with Gasteiger partial charge in [-0.1, -0.05) is 23.4 Å². The van der Waals surface area contributed by atoms with Crippen molar-refractivity contribution in [3.05, 3.63) is 59.9 Å². The highest BCUT2D eigenvalue weighted by Gasteiger charge is 2.24. The van der Waals surface area contributed by atoms with Gasteiger partial charge in [-0.2, -0.15) is 0 Å². The van der Waals surface area contributed by atoms with Gasteiger partial charge < -0.3 is 19.1 Å². The van der Waals surface area contributed by atoms with Crippen molar-refractivity contribution in [3.63, 3.8) is 0 Å². The van der Waals surface area contributed by atoms with Gasteiger partial charge in [0, 0.05) is 31.1 Å². The third-order valence-electron chi connectivity index (χ3n) is 3.71. The molecule has 0 bridgehead atoms. The van der Waals surface area contributed by atoms with Crippen molar-refractivity contribution in [2.24, 2.45) is 7.05 Å². The quantitative estimate of drug-likeness (QED) is 0.744. The molecule has 0 spiro atoms. The van der Waals surface area contributed by atoms with E-state index in [1.807, 2.05) is 42.1 Å². The van der Waals surface area contributed by atoms with Gasteiger partial charge in [0.2, 0.25) is 0 Å². The number of nitrogens with one attached hydrogen (secondary N) is 2. The largest absolute Gasteiger partial charge is 0.496 e. The lowest BCUT2D eigenvalue weighted by Gasteiger charge is -2.21. The van der Waals surface area contributed by atoms with Crippen molar-refractivity contribution in [3.8, 4) is 5.75 Å². The lowest BCUT2D eigenvalue weighted by Crippen LogP contribution is -2.34. The Morgan fingerprint density at radius 3 is 2.80 bits per heavy atom. The number of aromatic nitrogens is 3. The molecule has 0 aliphatic heterocycles. The van der Waals surface area contributed by atoms with Crippen LogP contribution in [0.15, 0.2) is 47.2 Å². The summed E-state index contributed by atoms with van der Waals surface area (Å²) in [4.78, 5) is 16.8. The Morgan fingerprint density at radius 1 is 1.36 bits per heavy atom. The first-order valence-electron chi connectivity index (χ1n) is 7.69. The Morgan fingerprint density at radius 2 is 2.16 bits per heavy atom. The second-order valence-electron chi connectivity index (χ2n) is 5.49. The molecule has 0 aliphatic carbocycles. The summed E-state index contributed by atoms with van der Waals surface area (Å²) >= 11 is 0. The lowest BCUT2D eigenvalue weighted by molar-refractivity contribution is 0.249. The maximum absolute atomic E-state index is 12.4. The number of benzene rings is 1. The van der Waals surface area contributed by atoms with Crippen LogP contribution in [0, 0.1) is 6.92 Å². The molecule has 0 saturated heterocycles. The molecule has 2 heterocycles. The van der Waals surface area contributed by atoms with Gasteiger partial charge in [0.25, 0.3) is 0 Å². The Hall–Kier alpha value is -3.29. The van der Waals surface area contributed by atoms with Crippen LogP contribution in [0.2, 0.25) is 0 Å². The summed E-state index contributed by atoms with van der Waals surface area (Å²) in [7, 11) is 3.46. The van der Waals surface area contributed by atoms with Crippen LogP contribution in [-0.4, -0.2) is 27.8 Å². The van der Waals surface area contributed by atoms with Crippen molar-refractivity contribution < 1.29 is 14.1 Å². The fourth-order valence-electron chi connectivity index (χ4n) is 2.55. The molecule has 1 aromatic carbocycles. The summed E-state index contributed by atoms with van der Waals surface area (Å²) in [6.07, 6.45) is 3.50. The van der Waals surface area contributed by atoms with Gasteiger partial charge in [-0.15, -0.1) is 0 Å². The topological polar surface area (TPSA) is 94.2 Å². The second kappa shape index (κ2) is 7.08. The van der Waals surface area contributed by atoms with E-state index in [-0.39, 0.29) is 0 Å². The first-order valence-corrected chi connectivity index (χ1v) is 7.69. The minimum atomic E-state index is -0.496. The molecule has 3 rings (SSSR count). The summed E-state index contributed by atoms with van der Waals surface area (Å²) < 4.78 is 12.2.